The van der Waals surface area contributed by atoms with Crippen LogP contribution in [0, 0.1) is 6.92 Å². The van der Waals surface area contributed by atoms with Gasteiger partial charge in [-0.3, -0.25) is 28.5 Å². The quantitative estimate of drug-likeness (QED) is 0.268. The molecular formula is C14H20N3O11P. The lowest BCUT2D eigenvalue weighted by Gasteiger charge is -2.25. The van der Waals surface area contributed by atoms with Gasteiger partial charge in [-0.25, -0.2) is 9.36 Å². The minimum Gasteiger partial charge on any atom is -0.480 e. The molecule has 1 aliphatic rings. The normalized spacial score (nSPS) is 23.8. The van der Waals surface area contributed by atoms with Gasteiger partial charge in [-0.15, -0.1) is 0 Å². The number of hydrogen-bond donors (Lipinski definition) is 5. The van der Waals surface area contributed by atoms with Crippen molar-refractivity contribution < 1.29 is 43.6 Å². The Hall–Kier alpha value is -2.35. The van der Waals surface area contributed by atoms with Crippen molar-refractivity contribution in [2.75, 3.05) is 19.7 Å². The Bertz CT molecular complexity index is 925. The third-order valence-electron chi connectivity index (χ3n) is 4.06. The van der Waals surface area contributed by atoms with Crippen molar-refractivity contribution in [2.24, 2.45) is 0 Å². The number of aliphatic carboxylic acids is 2. The Labute approximate surface area is 162 Å². The molecule has 1 saturated heterocycles. The number of hydrogen-bond acceptors (Lipinski definition) is 8. The van der Waals surface area contributed by atoms with Gasteiger partial charge >= 0.3 is 25.4 Å². The molecule has 14 nitrogen and oxygen atoms in total. The van der Waals surface area contributed by atoms with Crippen LogP contribution in [0.4, 0.5) is 0 Å². The Morgan fingerprint density at radius 2 is 1.93 bits per heavy atom. The summed E-state index contributed by atoms with van der Waals surface area (Å²) in [5.74, 6) is -3.09. The number of carbonyl (C=O) groups is 2. The van der Waals surface area contributed by atoms with E-state index in [0.29, 0.717) is 0 Å². The highest BCUT2D eigenvalue weighted by Gasteiger charge is 2.39. The summed E-state index contributed by atoms with van der Waals surface area (Å²) in [7, 11) is -4.84. The number of carboxylic acids is 2. The van der Waals surface area contributed by atoms with Gasteiger partial charge in [0.25, 0.3) is 5.56 Å². The predicted octanol–water partition coefficient (Wildman–Crippen LogP) is -1.92. The number of aromatic nitrogens is 2. The van der Waals surface area contributed by atoms with Crippen LogP contribution in [0.1, 0.15) is 18.2 Å². The molecule has 0 radical (unpaired) electrons. The van der Waals surface area contributed by atoms with E-state index in [1.807, 2.05) is 0 Å². The molecule has 1 aromatic rings. The van der Waals surface area contributed by atoms with Gasteiger partial charge in [-0.05, 0) is 6.92 Å². The molecule has 1 aliphatic heterocycles. The zero-order valence-corrected chi connectivity index (χ0v) is 16.0. The third-order valence-corrected chi connectivity index (χ3v) is 5.54. The smallest absolute Gasteiger partial charge is 0.406 e. The zero-order valence-electron chi connectivity index (χ0n) is 15.1. The number of aryl methyl sites for hydroxylation is 1. The summed E-state index contributed by atoms with van der Waals surface area (Å²) in [5.41, 5.74) is -1.13. The van der Waals surface area contributed by atoms with E-state index in [1.54, 1.807) is 0 Å². The lowest BCUT2D eigenvalue weighted by Crippen LogP contribution is -2.34. The predicted molar refractivity (Wildman–Crippen MR) is 93.2 cm³/mol. The molecule has 0 spiro atoms. The summed E-state index contributed by atoms with van der Waals surface area (Å²) in [4.78, 5) is 56.9. The fourth-order valence-corrected chi connectivity index (χ4v) is 3.74. The van der Waals surface area contributed by atoms with Crippen LogP contribution in [-0.4, -0.2) is 78.3 Å². The van der Waals surface area contributed by atoms with Gasteiger partial charge in [0.1, 0.15) is 25.4 Å². The third kappa shape index (κ3) is 5.82. The topological polar surface area (TPSA) is 209 Å². The van der Waals surface area contributed by atoms with Gasteiger partial charge in [0.15, 0.2) is 0 Å². The molecule has 5 N–H and O–H groups in total. The second-order valence-electron chi connectivity index (χ2n) is 6.31. The molecule has 162 valence electrons. The van der Waals surface area contributed by atoms with Crippen molar-refractivity contribution >= 4 is 19.7 Å². The number of aromatic amines is 1. The van der Waals surface area contributed by atoms with Crippen molar-refractivity contribution in [1.82, 2.24) is 14.2 Å². The molecule has 2 rings (SSSR count). The van der Waals surface area contributed by atoms with Gasteiger partial charge in [-0.1, -0.05) is 0 Å². The van der Waals surface area contributed by atoms with Crippen LogP contribution in [-0.2, 0) is 23.4 Å². The number of aliphatic hydroxyl groups excluding tert-OH is 1. The molecule has 0 aromatic carbocycles. The minimum atomic E-state index is -4.84. The average Bonchev–Trinajstić information content (AvgIpc) is 2.95. The molecule has 1 aromatic heterocycles. The van der Waals surface area contributed by atoms with Crippen molar-refractivity contribution in [3.05, 3.63) is 32.6 Å². The van der Waals surface area contributed by atoms with Crippen LogP contribution in [0.5, 0.6) is 0 Å². The van der Waals surface area contributed by atoms with Crippen molar-refractivity contribution in [3.8, 4) is 0 Å². The lowest BCUT2D eigenvalue weighted by atomic mass is 10.2. The SMILES string of the molecule is Cc1cn([C@H]2C[C@H](O)[C@@H](COP(=O)(O)N(CC(=O)O)CC(=O)O)O2)c(=O)[nH]c1=O. The fraction of sp³-hybridized carbons (Fsp3) is 0.571. The van der Waals surface area contributed by atoms with Crippen LogP contribution in [0.15, 0.2) is 15.8 Å². The summed E-state index contributed by atoms with van der Waals surface area (Å²) >= 11 is 0. The first-order valence-electron chi connectivity index (χ1n) is 8.22. The largest absolute Gasteiger partial charge is 0.480 e. The van der Waals surface area contributed by atoms with Crippen LogP contribution < -0.4 is 11.2 Å². The number of aliphatic hydroxyl groups is 1. The monoisotopic (exact) mass is 437 g/mol. The molecule has 4 atom stereocenters. The van der Waals surface area contributed by atoms with Gasteiger partial charge in [0.2, 0.25) is 0 Å². The van der Waals surface area contributed by atoms with Crippen molar-refractivity contribution in [3.63, 3.8) is 0 Å². The highest BCUT2D eigenvalue weighted by molar-refractivity contribution is 7.50. The van der Waals surface area contributed by atoms with Crippen LogP contribution in [0.2, 0.25) is 0 Å². The van der Waals surface area contributed by atoms with Crippen LogP contribution >= 0.6 is 7.75 Å². The van der Waals surface area contributed by atoms with E-state index in [2.05, 4.69) is 4.98 Å². The molecule has 1 unspecified atom stereocenters. The molecule has 15 heteroatoms. The van der Waals surface area contributed by atoms with E-state index in [0.717, 1.165) is 4.57 Å². The van der Waals surface area contributed by atoms with Crippen LogP contribution in [0.25, 0.3) is 0 Å². The fourth-order valence-electron chi connectivity index (χ4n) is 2.64. The Morgan fingerprint density at radius 3 is 2.48 bits per heavy atom. The van der Waals surface area contributed by atoms with Crippen molar-refractivity contribution in [2.45, 2.75) is 31.8 Å². The Kier molecular flexibility index (Phi) is 7.11. The molecule has 1 fully saturated rings. The van der Waals surface area contributed by atoms with E-state index in [4.69, 9.17) is 19.5 Å². The van der Waals surface area contributed by atoms with E-state index in [-0.39, 0.29) is 16.7 Å². The van der Waals surface area contributed by atoms with E-state index in [9.17, 15) is 33.7 Å². The number of ether oxygens (including phenoxy) is 1. The Balaban J connectivity index is 2.08. The van der Waals surface area contributed by atoms with Gasteiger partial charge < -0.3 is 24.9 Å². The van der Waals surface area contributed by atoms with E-state index in [1.165, 1.54) is 13.1 Å². The molecular weight excluding hydrogens is 417 g/mol. The number of nitrogens with one attached hydrogen (secondary N) is 1. The molecule has 0 amide bonds. The number of carboxylic acid groups (broad SMARTS) is 2. The first-order valence-corrected chi connectivity index (χ1v) is 9.75. The van der Waals surface area contributed by atoms with Crippen molar-refractivity contribution in [1.29, 1.82) is 0 Å². The summed E-state index contributed by atoms with van der Waals surface area (Å²) < 4.78 is 23.7. The van der Waals surface area contributed by atoms with Gasteiger partial charge in [0, 0.05) is 18.2 Å². The summed E-state index contributed by atoms with van der Waals surface area (Å²) in [6.45, 7) is -1.35. The maximum Gasteiger partial charge on any atom is 0.406 e. The van der Waals surface area contributed by atoms with Crippen LogP contribution in [0.3, 0.4) is 0 Å². The lowest BCUT2D eigenvalue weighted by molar-refractivity contribution is -0.140. The minimum absolute atomic E-state index is 0.0941. The molecule has 29 heavy (non-hydrogen) atoms. The number of H-pyrrole nitrogens is 1. The number of nitrogens with zero attached hydrogens (tertiary/aromatic N) is 2. The first kappa shape index (κ1) is 22.9. The molecule has 0 saturated carbocycles. The Morgan fingerprint density at radius 1 is 1.34 bits per heavy atom. The molecule has 2 heterocycles. The summed E-state index contributed by atoms with van der Waals surface area (Å²) in [6.07, 6.45) is -2.24. The second kappa shape index (κ2) is 8.98. The maximum absolute atomic E-state index is 12.2. The molecule has 0 aliphatic carbocycles. The molecule has 0 bridgehead atoms. The zero-order chi connectivity index (χ0) is 21.9. The van der Waals surface area contributed by atoms with E-state index >= 15 is 0 Å². The maximum atomic E-state index is 12.2. The standard InChI is InChI=1S/C14H20N3O11P/c1-7-3-17(14(24)15-13(7)23)10-2-8(18)9(28-10)6-27-29(25,26)16(4-11(19)20)5-12(21)22/h3,8-10,18H,2,4-6H2,1H3,(H,19,20)(H,21,22)(H,25,26)(H,15,23,24)/t8-,9+,10+/m0/s1. The number of rotatable bonds is 9. The summed E-state index contributed by atoms with van der Waals surface area (Å²) in [6, 6.07) is 0. The summed E-state index contributed by atoms with van der Waals surface area (Å²) in [5, 5.41) is 27.6. The van der Waals surface area contributed by atoms with Gasteiger partial charge in [0.05, 0.1) is 12.7 Å². The highest BCUT2D eigenvalue weighted by Crippen LogP contribution is 2.46. The van der Waals surface area contributed by atoms with Gasteiger partial charge in [-0.2, -0.15) is 4.67 Å². The first-order chi connectivity index (χ1) is 13.4. The highest BCUT2D eigenvalue weighted by atomic mass is 31.2. The second-order valence-corrected chi connectivity index (χ2v) is 8.11. The van der Waals surface area contributed by atoms with E-state index < -0.39 is 69.1 Å². The average molecular weight is 437 g/mol.